The summed E-state index contributed by atoms with van der Waals surface area (Å²) in [5.41, 5.74) is 6.87. The quantitative estimate of drug-likeness (QED) is 0.669. The van der Waals surface area contributed by atoms with Gasteiger partial charge in [0.05, 0.1) is 5.69 Å². The summed E-state index contributed by atoms with van der Waals surface area (Å²) in [7, 11) is 0. The van der Waals surface area contributed by atoms with Crippen LogP contribution in [0.3, 0.4) is 0 Å². The predicted molar refractivity (Wildman–Crippen MR) is 51.6 cm³/mol. The van der Waals surface area contributed by atoms with E-state index in [4.69, 9.17) is 0 Å². The summed E-state index contributed by atoms with van der Waals surface area (Å²) in [5.74, 6) is 0. The first kappa shape index (κ1) is 7.35. The van der Waals surface area contributed by atoms with Gasteiger partial charge in [-0.1, -0.05) is 19.1 Å². The van der Waals surface area contributed by atoms with E-state index in [2.05, 4.69) is 35.7 Å². The Morgan fingerprint density at radius 2 is 2.42 bits per heavy atom. The number of hydrazone groups is 1. The molecule has 1 aromatic carbocycles. The molecule has 12 heavy (non-hydrogen) atoms. The number of benzene rings is 1. The zero-order chi connectivity index (χ0) is 8.39. The molecule has 2 heteroatoms. The molecular formula is C10H12N2. The van der Waals surface area contributed by atoms with Crippen LogP contribution < -0.4 is 5.43 Å². The lowest BCUT2D eigenvalue weighted by Gasteiger charge is -2.12. The number of anilines is 1. The van der Waals surface area contributed by atoms with Crippen molar-refractivity contribution in [2.24, 2.45) is 5.10 Å². The third kappa shape index (κ3) is 1.20. The first-order valence-electron chi connectivity index (χ1n) is 4.29. The normalized spacial score (nSPS) is 13.8. The molecule has 0 atom stereocenters. The maximum absolute atomic E-state index is 4.02. The molecule has 62 valence electrons. The van der Waals surface area contributed by atoms with E-state index < -0.39 is 0 Å². The molecule has 2 nitrogen and oxygen atoms in total. The fourth-order valence-electron chi connectivity index (χ4n) is 1.38. The number of nitrogens with one attached hydrogen (secondary N) is 1. The Balaban J connectivity index is 2.39. The summed E-state index contributed by atoms with van der Waals surface area (Å²) in [6, 6.07) is 6.53. The molecule has 0 saturated carbocycles. The third-order valence-electron chi connectivity index (χ3n) is 2.17. The van der Waals surface area contributed by atoms with Crippen LogP contribution in [0.5, 0.6) is 0 Å². The highest BCUT2D eigenvalue weighted by molar-refractivity contribution is 5.71. The lowest BCUT2D eigenvalue weighted by Crippen LogP contribution is -2.03. The molecule has 2 rings (SSSR count). The fourth-order valence-corrected chi connectivity index (χ4v) is 1.38. The van der Waals surface area contributed by atoms with Crippen LogP contribution in [0.15, 0.2) is 23.3 Å². The van der Waals surface area contributed by atoms with Gasteiger partial charge in [-0.3, -0.25) is 5.43 Å². The van der Waals surface area contributed by atoms with Gasteiger partial charge in [-0.2, -0.15) is 5.10 Å². The van der Waals surface area contributed by atoms with Gasteiger partial charge in [0.1, 0.15) is 0 Å². The van der Waals surface area contributed by atoms with Crippen molar-refractivity contribution < 1.29 is 0 Å². The minimum absolute atomic E-state index is 0.951. The van der Waals surface area contributed by atoms with Gasteiger partial charge < -0.3 is 0 Å². The van der Waals surface area contributed by atoms with Gasteiger partial charge in [0, 0.05) is 12.6 Å². The Morgan fingerprint density at radius 3 is 3.25 bits per heavy atom. The summed E-state index contributed by atoms with van der Waals surface area (Å²) in [6.07, 6.45) is 3.93. The lowest BCUT2D eigenvalue weighted by atomic mass is 10.0. The lowest BCUT2D eigenvalue weighted by molar-refractivity contribution is 1.12. The van der Waals surface area contributed by atoms with E-state index in [1.165, 1.54) is 11.1 Å². The number of fused-ring (bicyclic) bond motifs is 1. The van der Waals surface area contributed by atoms with Crippen molar-refractivity contribution in [3.8, 4) is 0 Å². The summed E-state index contributed by atoms with van der Waals surface area (Å²) in [5, 5.41) is 4.02. The molecule has 0 aliphatic carbocycles. The molecular weight excluding hydrogens is 148 g/mol. The second kappa shape index (κ2) is 2.97. The van der Waals surface area contributed by atoms with Crippen LogP contribution in [0.2, 0.25) is 0 Å². The summed E-state index contributed by atoms with van der Waals surface area (Å²) in [6.45, 7) is 2.16. The van der Waals surface area contributed by atoms with Crippen molar-refractivity contribution >= 4 is 11.9 Å². The zero-order valence-electron chi connectivity index (χ0n) is 7.17. The van der Waals surface area contributed by atoms with Crippen LogP contribution in [0, 0.1) is 0 Å². The monoisotopic (exact) mass is 160 g/mol. The maximum Gasteiger partial charge on any atom is 0.0600 e. The van der Waals surface area contributed by atoms with Crippen molar-refractivity contribution in [3.05, 3.63) is 29.3 Å². The van der Waals surface area contributed by atoms with Crippen LogP contribution >= 0.6 is 0 Å². The molecule has 0 aromatic heterocycles. The Hall–Kier alpha value is -1.31. The highest BCUT2D eigenvalue weighted by Gasteiger charge is 2.04. The van der Waals surface area contributed by atoms with Crippen molar-refractivity contribution in [1.29, 1.82) is 0 Å². The molecule has 1 heterocycles. The average Bonchev–Trinajstić information content (AvgIpc) is 2.17. The Bertz CT molecular complexity index is 316. The van der Waals surface area contributed by atoms with Gasteiger partial charge in [0.15, 0.2) is 0 Å². The SMILES string of the molecule is CCc1ccc2c(c1)NN=CC2. The van der Waals surface area contributed by atoms with E-state index in [0.29, 0.717) is 0 Å². The van der Waals surface area contributed by atoms with E-state index in [1.54, 1.807) is 0 Å². The highest BCUT2D eigenvalue weighted by atomic mass is 15.3. The molecule has 0 amide bonds. The van der Waals surface area contributed by atoms with Crippen molar-refractivity contribution in [2.45, 2.75) is 19.8 Å². The largest absolute Gasteiger partial charge is 0.279 e. The Morgan fingerprint density at radius 1 is 1.50 bits per heavy atom. The number of aryl methyl sites for hydroxylation is 1. The highest BCUT2D eigenvalue weighted by Crippen LogP contribution is 2.20. The van der Waals surface area contributed by atoms with Crippen LogP contribution in [0.25, 0.3) is 0 Å². The van der Waals surface area contributed by atoms with Crippen molar-refractivity contribution in [3.63, 3.8) is 0 Å². The van der Waals surface area contributed by atoms with Gasteiger partial charge in [0.2, 0.25) is 0 Å². The second-order valence-corrected chi connectivity index (χ2v) is 2.97. The van der Waals surface area contributed by atoms with E-state index in [9.17, 15) is 0 Å². The van der Waals surface area contributed by atoms with Crippen LogP contribution in [-0.2, 0) is 12.8 Å². The molecule has 0 bridgehead atoms. The molecule has 0 saturated heterocycles. The smallest absolute Gasteiger partial charge is 0.0600 e. The third-order valence-corrected chi connectivity index (χ3v) is 2.17. The van der Waals surface area contributed by atoms with Crippen LogP contribution in [0.1, 0.15) is 18.1 Å². The molecule has 0 fully saturated rings. The second-order valence-electron chi connectivity index (χ2n) is 2.97. The predicted octanol–water partition coefficient (Wildman–Crippen LogP) is 2.20. The first-order chi connectivity index (χ1) is 5.90. The van der Waals surface area contributed by atoms with E-state index >= 15 is 0 Å². The summed E-state index contributed by atoms with van der Waals surface area (Å²) < 4.78 is 0. The molecule has 1 aliphatic heterocycles. The van der Waals surface area contributed by atoms with Gasteiger partial charge in [-0.05, 0) is 23.6 Å². The van der Waals surface area contributed by atoms with Gasteiger partial charge in [-0.15, -0.1) is 0 Å². The topological polar surface area (TPSA) is 24.4 Å². The fraction of sp³-hybridized carbons (Fsp3) is 0.300. The molecule has 0 radical (unpaired) electrons. The standard InChI is InChI=1S/C10H12N2/c1-2-8-3-4-9-5-6-11-12-10(9)7-8/h3-4,6-7,12H,2,5H2,1H3. The van der Waals surface area contributed by atoms with Crippen LogP contribution in [0.4, 0.5) is 5.69 Å². The Labute approximate surface area is 72.3 Å². The average molecular weight is 160 g/mol. The minimum atomic E-state index is 0.951. The van der Waals surface area contributed by atoms with Gasteiger partial charge in [-0.25, -0.2) is 0 Å². The molecule has 1 aliphatic rings. The minimum Gasteiger partial charge on any atom is -0.279 e. The molecule has 0 spiro atoms. The van der Waals surface area contributed by atoms with Gasteiger partial charge in [0.25, 0.3) is 0 Å². The number of nitrogens with zero attached hydrogens (tertiary/aromatic N) is 1. The number of rotatable bonds is 1. The van der Waals surface area contributed by atoms with E-state index in [0.717, 1.165) is 18.5 Å². The zero-order valence-corrected chi connectivity index (χ0v) is 7.17. The number of hydrogen-bond acceptors (Lipinski definition) is 2. The van der Waals surface area contributed by atoms with Crippen LogP contribution in [-0.4, -0.2) is 6.21 Å². The molecule has 1 aromatic rings. The maximum atomic E-state index is 4.02. The van der Waals surface area contributed by atoms with Crippen molar-refractivity contribution in [1.82, 2.24) is 0 Å². The summed E-state index contributed by atoms with van der Waals surface area (Å²) >= 11 is 0. The summed E-state index contributed by atoms with van der Waals surface area (Å²) in [4.78, 5) is 0. The Kier molecular flexibility index (Phi) is 1.82. The van der Waals surface area contributed by atoms with E-state index in [1.807, 2.05) is 6.21 Å². The van der Waals surface area contributed by atoms with E-state index in [-0.39, 0.29) is 0 Å². The van der Waals surface area contributed by atoms with Gasteiger partial charge >= 0.3 is 0 Å². The van der Waals surface area contributed by atoms with Crippen molar-refractivity contribution in [2.75, 3.05) is 5.43 Å². The molecule has 0 unspecified atom stereocenters. The molecule has 1 N–H and O–H groups in total. The number of hydrogen-bond donors (Lipinski definition) is 1. The first-order valence-corrected chi connectivity index (χ1v) is 4.29.